The van der Waals surface area contributed by atoms with Crippen molar-refractivity contribution in [3.8, 4) is 11.5 Å². The summed E-state index contributed by atoms with van der Waals surface area (Å²) in [6.07, 6.45) is 1.77. The summed E-state index contributed by atoms with van der Waals surface area (Å²) in [5.74, 6) is 0.563. The number of hydrogen-bond acceptors (Lipinski definition) is 7. The van der Waals surface area contributed by atoms with E-state index in [1.807, 2.05) is 0 Å². The molecule has 0 spiro atoms. The van der Waals surface area contributed by atoms with Gasteiger partial charge in [-0.2, -0.15) is 0 Å². The number of benzene rings is 2. The number of aliphatic imine (C=N–C) groups is 1. The highest BCUT2D eigenvalue weighted by Gasteiger charge is 2.30. The van der Waals surface area contributed by atoms with Crippen LogP contribution in [0.2, 0.25) is 0 Å². The summed E-state index contributed by atoms with van der Waals surface area (Å²) in [6.45, 7) is 2.05. The maximum Gasteiger partial charge on any atom is 0.338 e. The number of halogens is 1. The van der Waals surface area contributed by atoms with Crippen LogP contribution in [-0.4, -0.2) is 49.8 Å². The molecular formula is C22H21BrN2O5S. The fraction of sp³-hybridized carbons (Fsp3) is 0.227. The maximum absolute atomic E-state index is 12.8. The first-order valence-electron chi connectivity index (χ1n) is 9.33. The third kappa shape index (κ3) is 5.11. The normalized spacial score (nSPS) is 16.2. The second-order valence-corrected chi connectivity index (χ2v) is 8.23. The second-order valence-electron chi connectivity index (χ2n) is 6.37. The lowest BCUT2D eigenvalue weighted by Gasteiger charge is -2.10. The quantitative estimate of drug-likeness (QED) is 0.412. The minimum Gasteiger partial charge on any atom is -0.493 e. The van der Waals surface area contributed by atoms with E-state index in [9.17, 15) is 9.59 Å². The molecule has 1 saturated heterocycles. The van der Waals surface area contributed by atoms with Crippen LogP contribution in [0, 0.1) is 0 Å². The smallest absolute Gasteiger partial charge is 0.338 e. The Morgan fingerprint density at radius 3 is 2.58 bits per heavy atom. The molecular weight excluding hydrogens is 484 g/mol. The molecule has 162 valence electrons. The Kier molecular flexibility index (Phi) is 7.40. The molecule has 3 rings (SSSR count). The number of amides is 1. The number of likely N-dealkylation sites (N-methyl/N-ethyl adjacent to an activating group) is 1. The molecule has 0 radical (unpaired) electrons. The van der Waals surface area contributed by atoms with Gasteiger partial charge in [0.25, 0.3) is 5.91 Å². The van der Waals surface area contributed by atoms with Gasteiger partial charge < -0.3 is 14.2 Å². The molecule has 1 aliphatic heterocycles. The van der Waals surface area contributed by atoms with E-state index in [-0.39, 0.29) is 5.91 Å². The molecule has 31 heavy (non-hydrogen) atoms. The van der Waals surface area contributed by atoms with E-state index in [1.54, 1.807) is 70.7 Å². The Morgan fingerprint density at radius 1 is 1.19 bits per heavy atom. The van der Waals surface area contributed by atoms with E-state index in [2.05, 4.69) is 20.9 Å². The highest BCUT2D eigenvalue weighted by molar-refractivity contribution is 9.10. The van der Waals surface area contributed by atoms with Crippen LogP contribution in [0.1, 0.15) is 22.8 Å². The van der Waals surface area contributed by atoms with Gasteiger partial charge in [0.05, 0.1) is 37.0 Å². The van der Waals surface area contributed by atoms with Crippen LogP contribution in [0.15, 0.2) is 50.8 Å². The Bertz CT molecular complexity index is 1080. The number of carbonyl (C=O) groups excluding carboxylic acids is 2. The molecule has 0 saturated carbocycles. The number of ether oxygens (including phenoxy) is 3. The fourth-order valence-corrected chi connectivity index (χ4v) is 4.22. The SMILES string of the molecule is CCOC(=O)c1cccc(N=C2SC(=Cc3cc(OC)c(OC)cc3Br)C(=O)N2C)c1. The molecule has 1 aliphatic rings. The van der Waals surface area contributed by atoms with E-state index in [4.69, 9.17) is 14.2 Å². The van der Waals surface area contributed by atoms with Crippen molar-refractivity contribution in [2.75, 3.05) is 27.9 Å². The number of amidine groups is 1. The number of nitrogens with zero attached hydrogens (tertiary/aromatic N) is 2. The van der Waals surface area contributed by atoms with Gasteiger partial charge in [-0.1, -0.05) is 22.0 Å². The lowest BCUT2D eigenvalue weighted by atomic mass is 10.2. The molecule has 0 aliphatic carbocycles. The van der Waals surface area contributed by atoms with E-state index < -0.39 is 5.97 Å². The monoisotopic (exact) mass is 504 g/mol. The average Bonchev–Trinajstić information content (AvgIpc) is 3.02. The van der Waals surface area contributed by atoms with Crippen LogP contribution in [0.5, 0.6) is 11.5 Å². The van der Waals surface area contributed by atoms with Gasteiger partial charge in [0.1, 0.15) is 0 Å². The minimum absolute atomic E-state index is 0.174. The molecule has 1 heterocycles. The molecule has 1 fully saturated rings. The van der Waals surface area contributed by atoms with Crippen LogP contribution in [0.4, 0.5) is 5.69 Å². The van der Waals surface area contributed by atoms with Gasteiger partial charge in [-0.05, 0) is 60.7 Å². The van der Waals surface area contributed by atoms with Crippen molar-refractivity contribution >= 4 is 56.5 Å². The van der Waals surface area contributed by atoms with Gasteiger partial charge in [-0.3, -0.25) is 9.69 Å². The summed E-state index contributed by atoms with van der Waals surface area (Å²) < 4.78 is 16.4. The number of hydrogen-bond donors (Lipinski definition) is 0. The first kappa shape index (κ1) is 22.9. The topological polar surface area (TPSA) is 77.4 Å². The van der Waals surface area contributed by atoms with Crippen molar-refractivity contribution in [2.45, 2.75) is 6.92 Å². The summed E-state index contributed by atoms with van der Waals surface area (Å²) in [7, 11) is 4.78. The third-order valence-corrected chi connectivity index (χ3v) is 6.12. The maximum atomic E-state index is 12.8. The molecule has 9 heteroatoms. The van der Waals surface area contributed by atoms with Crippen molar-refractivity contribution in [1.82, 2.24) is 4.90 Å². The van der Waals surface area contributed by atoms with Gasteiger partial charge in [0, 0.05) is 11.5 Å². The molecule has 2 aromatic rings. The fourth-order valence-electron chi connectivity index (χ4n) is 2.80. The van der Waals surface area contributed by atoms with Crippen LogP contribution in [0.25, 0.3) is 6.08 Å². The van der Waals surface area contributed by atoms with Crippen molar-refractivity contribution in [3.05, 3.63) is 56.9 Å². The molecule has 1 amide bonds. The Balaban J connectivity index is 1.91. The van der Waals surface area contributed by atoms with Gasteiger partial charge in [0.2, 0.25) is 0 Å². The molecule has 2 aromatic carbocycles. The zero-order valence-electron chi connectivity index (χ0n) is 17.5. The van der Waals surface area contributed by atoms with Gasteiger partial charge in [-0.25, -0.2) is 9.79 Å². The Labute approximate surface area is 193 Å². The summed E-state index contributed by atoms with van der Waals surface area (Å²) in [4.78, 5) is 31.3. The molecule has 0 N–H and O–H groups in total. The first-order valence-corrected chi connectivity index (χ1v) is 10.9. The van der Waals surface area contributed by atoms with E-state index in [0.29, 0.717) is 39.4 Å². The zero-order valence-corrected chi connectivity index (χ0v) is 19.9. The Morgan fingerprint density at radius 2 is 1.90 bits per heavy atom. The minimum atomic E-state index is -0.410. The van der Waals surface area contributed by atoms with Crippen LogP contribution >= 0.6 is 27.7 Å². The van der Waals surface area contributed by atoms with E-state index >= 15 is 0 Å². The van der Waals surface area contributed by atoms with Crippen LogP contribution < -0.4 is 9.47 Å². The lowest BCUT2D eigenvalue weighted by Crippen LogP contribution is -2.23. The van der Waals surface area contributed by atoms with Crippen molar-refractivity contribution in [1.29, 1.82) is 0 Å². The summed E-state index contributed by atoms with van der Waals surface area (Å²) in [5, 5.41) is 0.508. The van der Waals surface area contributed by atoms with Crippen molar-refractivity contribution < 1.29 is 23.8 Å². The lowest BCUT2D eigenvalue weighted by molar-refractivity contribution is -0.121. The van der Waals surface area contributed by atoms with Gasteiger partial charge in [0.15, 0.2) is 16.7 Å². The molecule has 7 nitrogen and oxygen atoms in total. The number of rotatable bonds is 6. The summed E-state index contributed by atoms with van der Waals surface area (Å²) >= 11 is 4.76. The predicted octanol–water partition coefficient (Wildman–Crippen LogP) is 4.88. The third-order valence-electron chi connectivity index (χ3n) is 4.38. The first-order chi connectivity index (χ1) is 14.9. The average molecular weight is 505 g/mol. The van der Waals surface area contributed by atoms with Crippen molar-refractivity contribution in [2.24, 2.45) is 4.99 Å². The standard InChI is InChI=1S/C22H21BrN2O5S/c1-5-30-21(27)13-7-6-8-15(9-13)24-22-25(2)20(26)19(31-22)11-14-10-17(28-3)18(29-4)12-16(14)23/h6-12H,5H2,1-4H3. The largest absolute Gasteiger partial charge is 0.493 e. The molecule has 0 unspecified atom stereocenters. The number of thioether (sulfide) groups is 1. The number of carbonyl (C=O) groups is 2. The van der Waals surface area contributed by atoms with Crippen molar-refractivity contribution in [3.63, 3.8) is 0 Å². The highest BCUT2D eigenvalue weighted by Crippen LogP contribution is 2.38. The number of methoxy groups -OCH3 is 2. The zero-order chi connectivity index (χ0) is 22.5. The van der Waals surface area contributed by atoms with Gasteiger partial charge in [-0.15, -0.1) is 0 Å². The highest BCUT2D eigenvalue weighted by atomic mass is 79.9. The van der Waals surface area contributed by atoms with E-state index in [1.165, 1.54) is 16.7 Å². The molecule has 0 aromatic heterocycles. The Hall–Kier alpha value is -2.78. The van der Waals surface area contributed by atoms with Gasteiger partial charge >= 0.3 is 5.97 Å². The summed E-state index contributed by atoms with van der Waals surface area (Å²) in [6, 6.07) is 10.4. The van der Waals surface area contributed by atoms with Crippen LogP contribution in [0.3, 0.4) is 0 Å². The molecule has 0 bridgehead atoms. The van der Waals surface area contributed by atoms with Crippen LogP contribution in [-0.2, 0) is 9.53 Å². The molecule has 0 atom stereocenters. The van der Waals surface area contributed by atoms with E-state index in [0.717, 1.165) is 10.0 Å². The summed E-state index contributed by atoms with van der Waals surface area (Å²) in [5.41, 5.74) is 1.74. The number of esters is 1. The predicted molar refractivity (Wildman–Crippen MR) is 125 cm³/mol. The second kappa shape index (κ2) is 10.0.